The fourth-order valence-corrected chi connectivity index (χ4v) is 3.78. The van der Waals surface area contributed by atoms with Gasteiger partial charge in [-0.2, -0.15) is 4.98 Å². The summed E-state index contributed by atoms with van der Waals surface area (Å²) in [6, 6.07) is 12.7. The van der Waals surface area contributed by atoms with E-state index in [9.17, 15) is 4.79 Å². The highest BCUT2D eigenvalue weighted by molar-refractivity contribution is 5.90. The van der Waals surface area contributed by atoms with E-state index in [2.05, 4.69) is 15.5 Å². The number of hydrogen-bond donors (Lipinski definition) is 1. The van der Waals surface area contributed by atoms with E-state index in [-0.39, 0.29) is 12.1 Å². The first-order valence-corrected chi connectivity index (χ1v) is 10.3. The number of methoxy groups -OCH3 is 2. The average molecular weight is 422 g/mol. The van der Waals surface area contributed by atoms with E-state index in [1.807, 2.05) is 31.2 Å². The quantitative estimate of drug-likeness (QED) is 0.634. The first-order chi connectivity index (χ1) is 15.1. The van der Waals surface area contributed by atoms with Gasteiger partial charge in [0, 0.05) is 36.0 Å². The second kappa shape index (κ2) is 9.07. The molecule has 1 aliphatic rings. The van der Waals surface area contributed by atoms with Crippen molar-refractivity contribution in [2.45, 2.75) is 32.2 Å². The number of anilines is 1. The van der Waals surface area contributed by atoms with Crippen molar-refractivity contribution in [2.75, 3.05) is 26.1 Å². The van der Waals surface area contributed by atoms with Crippen molar-refractivity contribution in [2.24, 2.45) is 0 Å². The molecule has 1 saturated heterocycles. The maximum Gasteiger partial charge on any atom is 0.322 e. The van der Waals surface area contributed by atoms with Crippen LogP contribution in [0.1, 0.15) is 36.8 Å². The van der Waals surface area contributed by atoms with Gasteiger partial charge in [-0.1, -0.05) is 28.9 Å². The molecule has 2 amide bonds. The third-order valence-corrected chi connectivity index (χ3v) is 5.37. The van der Waals surface area contributed by atoms with Gasteiger partial charge in [0.15, 0.2) is 0 Å². The number of nitrogens with zero attached hydrogens (tertiary/aromatic N) is 3. The first-order valence-electron chi connectivity index (χ1n) is 10.3. The van der Waals surface area contributed by atoms with Crippen LogP contribution in [-0.2, 0) is 0 Å². The molecule has 0 spiro atoms. The van der Waals surface area contributed by atoms with Gasteiger partial charge in [0.2, 0.25) is 11.7 Å². The van der Waals surface area contributed by atoms with Crippen LogP contribution in [0.5, 0.6) is 11.5 Å². The first kappa shape index (κ1) is 20.7. The minimum absolute atomic E-state index is 0.227. The molecule has 1 unspecified atom stereocenters. The lowest BCUT2D eigenvalue weighted by molar-refractivity contribution is 0.142. The van der Waals surface area contributed by atoms with Crippen molar-refractivity contribution in [1.29, 1.82) is 0 Å². The summed E-state index contributed by atoms with van der Waals surface area (Å²) in [7, 11) is 3.14. The largest absolute Gasteiger partial charge is 0.497 e. The number of urea groups is 1. The van der Waals surface area contributed by atoms with Gasteiger partial charge < -0.3 is 24.2 Å². The summed E-state index contributed by atoms with van der Waals surface area (Å²) in [6.45, 7) is 2.63. The van der Waals surface area contributed by atoms with Gasteiger partial charge in [-0.15, -0.1) is 0 Å². The number of aryl methyl sites for hydroxylation is 1. The number of carbonyl (C=O) groups is 1. The van der Waals surface area contributed by atoms with Crippen molar-refractivity contribution in [1.82, 2.24) is 15.0 Å². The standard InChI is InChI=1S/C23H26N4O4/c1-15-7-6-8-16(11-15)21-25-22(31-26-21)20-9-4-5-10-27(20)23(28)24-17-12-18(29-2)14-19(13-17)30-3/h6-8,11-14,20H,4-5,9-10H2,1-3H3,(H,24,28). The lowest BCUT2D eigenvalue weighted by Gasteiger charge is -2.33. The summed E-state index contributed by atoms with van der Waals surface area (Å²) in [4.78, 5) is 19.5. The fraction of sp³-hybridized carbons (Fsp3) is 0.348. The van der Waals surface area contributed by atoms with Crippen molar-refractivity contribution >= 4 is 11.7 Å². The van der Waals surface area contributed by atoms with Crippen LogP contribution >= 0.6 is 0 Å². The number of likely N-dealkylation sites (tertiary alicyclic amines) is 1. The van der Waals surface area contributed by atoms with Gasteiger partial charge >= 0.3 is 6.03 Å². The van der Waals surface area contributed by atoms with Gasteiger partial charge in [-0.3, -0.25) is 0 Å². The third-order valence-electron chi connectivity index (χ3n) is 5.37. The number of ether oxygens (including phenoxy) is 2. The number of benzene rings is 2. The molecule has 1 aromatic heterocycles. The Hall–Kier alpha value is -3.55. The Morgan fingerprint density at radius 3 is 2.61 bits per heavy atom. The SMILES string of the molecule is COc1cc(NC(=O)N2CCCCC2c2nc(-c3cccc(C)c3)no2)cc(OC)c1. The summed E-state index contributed by atoms with van der Waals surface area (Å²) in [5.41, 5.74) is 2.61. The molecule has 31 heavy (non-hydrogen) atoms. The Balaban J connectivity index is 1.55. The van der Waals surface area contributed by atoms with E-state index in [0.717, 1.165) is 30.4 Å². The summed E-state index contributed by atoms with van der Waals surface area (Å²) >= 11 is 0. The molecule has 8 nitrogen and oxygen atoms in total. The van der Waals surface area contributed by atoms with Crippen LogP contribution in [-0.4, -0.2) is 41.8 Å². The van der Waals surface area contributed by atoms with Crippen LogP contribution in [0.3, 0.4) is 0 Å². The fourth-order valence-electron chi connectivity index (χ4n) is 3.78. The van der Waals surface area contributed by atoms with Gasteiger partial charge in [0.05, 0.1) is 14.2 Å². The van der Waals surface area contributed by atoms with Gasteiger partial charge in [0.25, 0.3) is 0 Å². The van der Waals surface area contributed by atoms with Gasteiger partial charge in [0.1, 0.15) is 17.5 Å². The number of hydrogen-bond acceptors (Lipinski definition) is 6. The number of rotatable bonds is 5. The molecule has 0 aliphatic carbocycles. The molecule has 4 rings (SSSR count). The summed E-state index contributed by atoms with van der Waals surface area (Å²) in [5, 5.41) is 7.09. The van der Waals surface area contributed by atoms with Crippen LogP contribution in [0.2, 0.25) is 0 Å². The lowest BCUT2D eigenvalue weighted by Crippen LogP contribution is -2.41. The Kier molecular flexibility index (Phi) is 6.06. The minimum Gasteiger partial charge on any atom is -0.497 e. The van der Waals surface area contributed by atoms with E-state index in [4.69, 9.17) is 14.0 Å². The zero-order valence-corrected chi connectivity index (χ0v) is 17.9. The summed E-state index contributed by atoms with van der Waals surface area (Å²) in [5.74, 6) is 2.19. The summed E-state index contributed by atoms with van der Waals surface area (Å²) < 4.78 is 16.2. The zero-order chi connectivity index (χ0) is 21.8. The highest BCUT2D eigenvalue weighted by Gasteiger charge is 2.32. The lowest BCUT2D eigenvalue weighted by atomic mass is 10.0. The van der Waals surface area contributed by atoms with Crippen molar-refractivity contribution in [3.05, 3.63) is 53.9 Å². The number of aromatic nitrogens is 2. The molecular formula is C23H26N4O4. The molecule has 8 heteroatoms. The molecule has 162 valence electrons. The Bertz CT molecular complexity index is 1040. The normalized spacial score (nSPS) is 16.1. The maximum atomic E-state index is 13.1. The molecule has 0 bridgehead atoms. The average Bonchev–Trinajstić information content (AvgIpc) is 3.29. The smallest absolute Gasteiger partial charge is 0.322 e. The van der Waals surface area contributed by atoms with Crippen LogP contribution in [0.4, 0.5) is 10.5 Å². The minimum atomic E-state index is -0.271. The molecule has 3 aromatic rings. The van der Waals surface area contributed by atoms with Crippen molar-refractivity contribution < 1.29 is 18.8 Å². The van der Waals surface area contributed by atoms with E-state index in [1.54, 1.807) is 37.3 Å². The molecule has 1 atom stereocenters. The Morgan fingerprint density at radius 1 is 1.13 bits per heavy atom. The van der Waals surface area contributed by atoms with Crippen LogP contribution < -0.4 is 14.8 Å². The van der Waals surface area contributed by atoms with E-state index < -0.39 is 0 Å². The van der Waals surface area contributed by atoms with E-state index in [1.165, 1.54) is 0 Å². The second-order valence-corrected chi connectivity index (χ2v) is 7.56. The van der Waals surface area contributed by atoms with Gasteiger partial charge in [-0.05, 0) is 32.3 Å². The second-order valence-electron chi connectivity index (χ2n) is 7.56. The predicted molar refractivity (Wildman–Crippen MR) is 116 cm³/mol. The monoisotopic (exact) mass is 422 g/mol. The van der Waals surface area contributed by atoms with Crippen LogP contribution in [0, 0.1) is 6.92 Å². The van der Waals surface area contributed by atoms with Crippen LogP contribution in [0.25, 0.3) is 11.4 Å². The summed E-state index contributed by atoms with van der Waals surface area (Å²) in [6.07, 6.45) is 2.68. The maximum absolute atomic E-state index is 13.1. The molecule has 0 saturated carbocycles. The molecule has 1 fully saturated rings. The van der Waals surface area contributed by atoms with E-state index in [0.29, 0.717) is 35.4 Å². The molecule has 2 aromatic carbocycles. The van der Waals surface area contributed by atoms with E-state index >= 15 is 0 Å². The molecular weight excluding hydrogens is 396 g/mol. The Morgan fingerprint density at radius 2 is 1.90 bits per heavy atom. The zero-order valence-electron chi connectivity index (χ0n) is 17.9. The van der Waals surface area contributed by atoms with Gasteiger partial charge in [-0.25, -0.2) is 4.79 Å². The number of nitrogens with one attached hydrogen (secondary N) is 1. The highest BCUT2D eigenvalue weighted by Crippen LogP contribution is 2.32. The highest BCUT2D eigenvalue weighted by atomic mass is 16.5. The predicted octanol–water partition coefficient (Wildman–Crippen LogP) is 4.82. The molecule has 1 N–H and O–H groups in total. The van der Waals surface area contributed by atoms with Crippen molar-refractivity contribution in [3.63, 3.8) is 0 Å². The molecule has 0 radical (unpaired) electrons. The topological polar surface area (TPSA) is 89.7 Å². The number of amides is 2. The molecule has 1 aliphatic heterocycles. The van der Waals surface area contributed by atoms with Crippen LogP contribution in [0.15, 0.2) is 47.0 Å². The molecule has 2 heterocycles. The third kappa shape index (κ3) is 4.63. The van der Waals surface area contributed by atoms with Crippen molar-refractivity contribution in [3.8, 4) is 22.9 Å². The number of carbonyl (C=O) groups excluding carboxylic acids is 1. The number of piperidine rings is 1. The Labute approximate surface area is 181 Å².